The Morgan fingerprint density at radius 1 is 1.53 bits per heavy atom. The van der Waals surface area contributed by atoms with Crippen LogP contribution in [0.2, 0.25) is 5.15 Å². The molecule has 0 spiro atoms. The van der Waals surface area contributed by atoms with E-state index in [9.17, 15) is 0 Å². The zero-order valence-electron chi connectivity index (χ0n) is 8.90. The molecule has 0 unspecified atom stereocenters. The summed E-state index contributed by atoms with van der Waals surface area (Å²) in [6.07, 6.45) is 0.621. The highest BCUT2D eigenvalue weighted by atomic mass is 35.5. The van der Waals surface area contributed by atoms with Crippen molar-refractivity contribution in [3.8, 4) is 6.07 Å². The third-order valence-electron chi connectivity index (χ3n) is 1.88. The van der Waals surface area contributed by atoms with Gasteiger partial charge >= 0.3 is 0 Å². The van der Waals surface area contributed by atoms with Gasteiger partial charge in [0.05, 0.1) is 0 Å². The Bertz CT molecular complexity index is 558. The van der Waals surface area contributed by atoms with E-state index in [0.29, 0.717) is 34.7 Å². The number of aryl methyl sites for hydroxylation is 1. The van der Waals surface area contributed by atoms with Crippen LogP contribution < -0.4 is 5.32 Å². The van der Waals surface area contributed by atoms with E-state index < -0.39 is 0 Å². The average Bonchev–Trinajstić information content (AvgIpc) is 2.85. The van der Waals surface area contributed by atoms with Crippen LogP contribution in [0.15, 0.2) is 4.52 Å². The maximum absolute atomic E-state index is 8.71. The SMILES string of the molecule is Cc1nc(CCNc2nc(Cl)c(C#N)s2)no1. The minimum absolute atomic E-state index is 0.232. The van der Waals surface area contributed by atoms with Gasteiger partial charge in [-0.15, -0.1) is 0 Å². The quantitative estimate of drug-likeness (QED) is 0.913. The minimum Gasteiger partial charge on any atom is -0.361 e. The topological polar surface area (TPSA) is 87.6 Å². The normalized spacial score (nSPS) is 10.2. The van der Waals surface area contributed by atoms with Gasteiger partial charge < -0.3 is 9.84 Å². The molecular weight excluding hydrogens is 262 g/mol. The number of nitriles is 1. The van der Waals surface area contributed by atoms with Crippen LogP contribution in [0.25, 0.3) is 0 Å². The molecule has 0 bridgehead atoms. The van der Waals surface area contributed by atoms with Crippen molar-refractivity contribution in [2.75, 3.05) is 11.9 Å². The fourth-order valence-electron chi connectivity index (χ4n) is 1.17. The summed E-state index contributed by atoms with van der Waals surface area (Å²) in [5.41, 5.74) is 0. The maximum atomic E-state index is 8.71. The van der Waals surface area contributed by atoms with Gasteiger partial charge in [-0.25, -0.2) is 4.98 Å². The lowest BCUT2D eigenvalue weighted by Crippen LogP contribution is -2.05. The monoisotopic (exact) mass is 269 g/mol. The van der Waals surface area contributed by atoms with Crippen LogP contribution in [0.3, 0.4) is 0 Å². The van der Waals surface area contributed by atoms with Crippen LogP contribution in [0.4, 0.5) is 5.13 Å². The van der Waals surface area contributed by atoms with Crippen LogP contribution >= 0.6 is 22.9 Å². The number of hydrogen-bond donors (Lipinski definition) is 1. The van der Waals surface area contributed by atoms with Crippen molar-refractivity contribution < 1.29 is 4.52 Å². The maximum Gasteiger partial charge on any atom is 0.223 e. The first-order valence-electron chi connectivity index (χ1n) is 4.78. The lowest BCUT2D eigenvalue weighted by molar-refractivity contribution is 0.387. The molecule has 2 aromatic heterocycles. The van der Waals surface area contributed by atoms with Crippen LogP contribution in [0.1, 0.15) is 16.6 Å². The number of aromatic nitrogens is 3. The Kier molecular flexibility index (Phi) is 3.56. The van der Waals surface area contributed by atoms with Crippen LogP contribution in [0.5, 0.6) is 0 Å². The van der Waals surface area contributed by atoms with Crippen molar-refractivity contribution in [2.45, 2.75) is 13.3 Å². The summed E-state index contributed by atoms with van der Waals surface area (Å²) in [4.78, 5) is 8.48. The number of rotatable bonds is 4. The van der Waals surface area contributed by atoms with Gasteiger partial charge in [-0.1, -0.05) is 28.1 Å². The highest BCUT2D eigenvalue weighted by Crippen LogP contribution is 2.25. The summed E-state index contributed by atoms with van der Waals surface area (Å²) in [6, 6.07) is 1.97. The number of halogens is 1. The molecule has 0 aliphatic rings. The molecule has 2 aromatic rings. The molecule has 0 saturated carbocycles. The van der Waals surface area contributed by atoms with Crippen LogP contribution in [0, 0.1) is 18.3 Å². The second-order valence-corrected chi connectivity index (χ2v) is 4.51. The number of thiazole rings is 1. The molecule has 0 aliphatic carbocycles. The molecule has 17 heavy (non-hydrogen) atoms. The molecule has 6 nitrogen and oxygen atoms in total. The molecule has 0 atom stereocenters. The van der Waals surface area contributed by atoms with Crippen LogP contribution in [-0.2, 0) is 6.42 Å². The largest absolute Gasteiger partial charge is 0.361 e. The number of anilines is 1. The van der Waals surface area contributed by atoms with Crippen molar-refractivity contribution >= 4 is 28.1 Å². The Morgan fingerprint density at radius 3 is 2.94 bits per heavy atom. The zero-order chi connectivity index (χ0) is 12.3. The van der Waals surface area contributed by atoms with Crippen molar-refractivity contribution in [2.24, 2.45) is 0 Å². The third-order valence-corrected chi connectivity index (χ3v) is 3.19. The van der Waals surface area contributed by atoms with E-state index in [1.54, 1.807) is 6.92 Å². The lowest BCUT2D eigenvalue weighted by Gasteiger charge is -1.97. The van der Waals surface area contributed by atoms with Gasteiger partial charge in [0.2, 0.25) is 5.89 Å². The standard InChI is InChI=1S/C9H8ClN5OS/c1-5-13-7(15-16-5)2-3-12-9-14-8(10)6(4-11)17-9/h2-3H2,1H3,(H,12,14). The number of nitrogens with zero attached hydrogens (tertiary/aromatic N) is 4. The van der Waals surface area contributed by atoms with Crippen molar-refractivity contribution in [1.82, 2.24) is 15.1 Å². The smallest absolute Gasteiger partial charge is 0.223 e. The number of nitrogens with one attached hydrogen (secondary N) is 1. The molecule has 2 heterocycles. The molecule has 0 fully saturated rings. The Balaban J connectivity index is 1.88. The van der Waals surface area contributed by atoms with Crippen LogP contribution in [-0.4, -0.2) is 21.7 Å². The highest BCUT2D eigenvalue weighted by Gasteiger charge is 2.08. The molecule has 0 amide bonds. The van der Waals surface area contributed by atoms with Crippen molar-refractivity contribution in [1.29, 1.82) is 5.26 Å². The van der Waals surface area contributed by atoms with Gasteiger partial charge in [0.15, 0.2) is 16.1 Å². The van der Waals surface area contributed by atoms with Gasteiger partial charge in [-0.05, 0) is 0 Å². The highest BCUT2D eigenvalue weighted by molar-refractivity contribution is 7.16. The molecule has 0 saturated heterocycles. The van der Waals surface area contributed by atoms with Gasteiger partial charge in [-0.3, -0.25) is 0 Å². The summed E-state index contributed by atoms with van der Waals surface area (Å²) in [5, 5.41) is 16.4. The first-order valence-corrected chi connectivity index (χ1v) is 5.98. The summed E-state index contributed by atoms with van der Waals surface area (Å²) in [7, 11) is 0. The van der Waals surface area contributed by atoms with Gasteiger partial charge in [0, 0.05) is 19.9 Å². The minimum atomic E-state index is 0.232. The molecule has 0 radical (unpaired) electrons. The van der Waals surface area contributed by atoms with Gasteiger partial charge in [-0.2, -0.15) is 10.2 Å². The predicted octanol–water partition coefficient (Wildman–Crippen LogP) is 2.01. The third kappa shape index (κ3) is 2.93. The molecular formula is C9H8ClN5OS. The molecule has 0 aliphatic heterocycles. The lowest BCUT2D eigenvalue weighted by atomic mass is 10.4. The van der Waals surface area contributed by atoms with E-state index in [1.165, 1.54) is 11.3 Å². The molecule has 0 aromatic carbocycles. The fraction of sp³-hybridized carbons (Fsp3) is 0.333. The van der Waals surface area contributed by atoms with E-state index in [2.05, 4.69) is 20.4 Å². The van der Waals surface area contributed by atoms with E-state index >= 15 is 0 Å². The molecule has 88 valence electrons. The second-order valence-electron chi connectivity index (χ2n) is 3.16. The summed E-state index contributed by atoms with van der Waals surface area (Å²) >= 11 is 6.96. The molecule has 1 N–H and O–H groups in total. The predicted molar refractivity (Wildman–Crippen MR) is 63.1 cm³/mol. The Hall–Kier alpha value is -1.65. The van der Waals surface area contributed by atoms with E-state index in [1.807, 2.05) is 6.07 Å². The van der Waals surface area contributed by atoms with Gasteiger partial charge in [0.25, 0.3) is 0 Å². The van der Waals surface area contributed by atoms with E-state index in [0.717, 1.165) is 0 Å². The fourth-order valence-corrected chi connectivity index (χ4v) is 2.14. The van der Waals surface area contributed by atoms with Crippen molar-refractivity contribution in [3.05, 3.63) is 21.7 Å². The Labute approximate surface area is 106 Å². The summed E-state index contributed by atoms with van der Waals surface area (Å²) in [5.74, 6) is 1.18. The second kappa shape index (κ2) is 5.12. The zero-order valence-corrected chi connectivity index (χ0v) is 10.5. The summed E-state index contributed by atoms with van der Waals surface area (Å²) < 4.78 is 4.84. The Morgan fingerprint density at radius 2 is 2.35 bits per heavy atom. The van der Waals surface area contributed by atoms with Gasteiger partial charge in [0.1, 0.15) is 10.9 Å². The average molecular weight is 270 g/mol. The van der Waals surface area contributed by atoms with Crippen molar-refractivity contribution in [3.63, 3.8) is 0 Å². The first kappa shape index (κ1) is 11.8. The number of hydrogen-bond acceptors (Lipinski definition) is 7. The van der Waals surface area contributed by atoms with E-state index in [-0.39, 0.29) is 5.15 Å². The van der Waals surface area contributed by atoms with E-state index in [4.69, 9.17) is 21.4 Å². The molecule has 8 heteroatoms. The first-order chi connectivity index (χ1) is 8.19. The molecule has 2 rings (SSSR count). The summed E-state index contributed by atoms with van der Waals surface area (Å²) in [6.45, 7) is 2.34.